The van der Waals surface area contributed by atoms with E-state index in [2.05, 4.69) is 4.74 Å². The molecular formula is C16H9F2INO9S-. The molecule has 0 amide bonds. The maximum Gasteiger partial charge on any atom is 0.367 e. The highest BCUT2D eigenvalue weighted by atomic mass is 127. The monoisotopic (exact) mass is 556 g/mol. The van der Waals surface area contributed by atoms with Crippen molar-refractivity contribution in [2.75, 3.05) is 6.61 Å². The molecule has 30 heavy (non-hydrogen) atoms. The van der Waals surface area contributed by atoms with Crippen molar-refractivity contribution in [3.63, 3.8) is 0 Å². The summed E-state index contributed by atoms with van der Waals surface area (Å²) < 4.78 is 67.3. The summed E-state index contributed by atoms with van der Waals surface area (Å²) in [7, 11) is -6.13. The minimum Gasteiger partial charge on any atom is -0.743 e. The molecule has 0 fully saturated rings. The number of halogens is 3. The lowest BCUT2D eigenvalue weighted by Gasteiger charge is -2.19. The fourth-order valence-corrected chi connectivity index (χ4v) is 2.80. The second kappa shape index (κ2) is 8.97. The third-order valence-electron chi connectivity index (χ3n) is 3.43. The lowest BCUT2D eigenvalue weighted by Crippen LogP contribution is -2.34. The van der Waals surface area contributed by atoms with E-state index < -0.39 is 50.1 Å². The van der Waals surface area contributed by atoms with Crippen LogP contribution in [0.1, 0.15) is 20.7 Å². The second-order valence-electron chi connectivity index (χ2n) is 5.47. The molecule has 2 aromatic rings. The summed E-state index contributed by atoms with van der Waals surface area (Å²) in [4.78, 5) is 34.3. The molecule has 0 bridgehead atoms. The average Bonchev–Trinajstić information content (AvgIpc) is 2.65. The van der Waals surface area contributed by atoms with Crippen LogP contribution >= 0.6 is 22.6 Å². The maximum absolute atomic E-state index is 13.2. The lowest BCUT2D eigenvalue weighted by atomic mass is 10.1. The number of alkyl halides is 2. The maximum atomic E-state index is 13.2. The van der Waals surface area contributed by atoms with E-state index >= 15 is 0 Å². The van der Waals surface area contributed by atoms with E-state index in [-0.39, 0.29) is 11.3 Å². The highest BCUT2D eigenvalue weighted by Crippen LogP contribution is 2.27. The van der Waals surface area contributed by atoms with Crippen molar-refractivity contribution in [2.45, 2.75) is 5.25 Å². The van der Waals surface area contributed by atoms with Crippen LogP contribution in [0.2, 0.25) is 0 Å². The van der Waals surface area contributed by atoms with Gasteiger partial charge < -0.3 is 14.0 Å². The Kier molecular flexibility index (Phi) is 7.04. The minimum absolute atomic E-state index is 0.154. The van der Waals surface area contributed by atoms with Gasteiger partial charge in [0, 0.05) is 15.7 Å². The predicted molar refractivity (Wildman–Crippen MR) is 102 cm³/mol. The Morgan fingerprint density at radius 3 is 2.30 bits per heavy atom. The van der Waals surface area contributed by atoms with Crippen molar-refractivity contribution in [1.82, 2.24) is 0 Å². The molecule has 0 radical (unpaired) electrons. The number of carbonyl (C=O) groups excluding carboxylic acids is 2. The number of benzene rings is 2. The molecule has 14 heteroatoms. The number of hydrogen-bond acceptors (Lipinski definition) is 9. The van der Waals surface area contributed by atoms with Gasteiger partial charge in [0.15, 0.2) is 16.7 Å². The molecule has 0 aliphatic heterocycles. The lowest BCUT2D eigenvalue weighted by molar-refractivity contribution is -0.385. The Balaban J connectivity index is 2.30. The molecule has 0 N–H and O–H groups in total. The van der Waals surface area contributed by atoms with Crippen LogP contribution in [0.15, 0.2) is 42.5 Å². The molecule has 0 saturated carbocycles. The van der Waals surface area contributed by atoms with Gasteiger partial charge in [-0.25, -0.2) is 18.0 Å². The van der Waals surface area contributed by atoms with Gasteiger partial charge >= 0.3 is 17.2 Å². The Labute approximate surface area is 180 Å². The van der Waals surface area contributed by atoms with E-state index in [4.69, 9.17) is 4.74 Å². The smallest absolute Gasteiger partial charge is 0.367 e. The zero-order valence-electron chi connectivity index (χ0n) is 14.4. The molecule has 2 rings (SSSR count). The number of rotatable bonds is 7. The fraction of sp³-hybridized carbons (Fsp3) is 0.125. The van der Waals surface area contributed by atoms with Crippen molar-refractivity contribution in [3.05, 3.63) is 67.3 Å². The van der Waals surface area contributed by atoms with Crippen LogP contribution in [-0.4, -0.2) is 41.7 Å². The summed E-state index contributed by atoms with van der Waals surface area (Å²) >= 11 is 1.86. The van der Waals surface area contributed by atoms with Gasteiger partial charge in [0.1, 0.15) is 11.3 Å². The van der Waals surface area contributed by atoms with Gasteiger partial charge in [-0.15, -0.1) is 0 Å². The number of nitrogens with zero attached hydrogens (tertiary/aromatic N) is 1. The zero-order valence-corrected chi connectivity index (χ0v) is 17.4. The SMILES string of the molecule is O=C(Oc1ccc([N+](=O)[O-])c(C(=O)OCC(F)(F)S(=O)(=O)[O-])c1)c1ccccc1I. The number of ether oxygens (including phenoxy) is 2. The third kappa shape index (κ3) is 5.45. The van der Waals surface area contributed by atoms with E-state index in [0.717, 1.165) is 12.1 Å². The molecular weight excluding hydrogens is 547 g/mol. The normalized spacial score (nSPS) is 11.6. The van der Waals surface area contributed by atoms with Gasteiger partial charge in [-0.1, -0.05) is 12.1 Å². The van der Waals surface area contributed by atoms with Gasteiger partial charge in [-0.2, -0.15) is 8.78 Å². The zero-order chi connectivity index (χ0) is 22.7. The number of nitro benzene ring substituents is 1. The summed E-state index contributed by atoms with van der Waals surface area (Å²) in [5, 5.41) is 6.14. The minimum atomic E-state index is -6.13. The third-order valence-corrected chi connectivity index (χ3v) is 5.22. The van der Waals surface area contributed by atoms with E-state index in [1.54, 1.807) is 18.2 Å². The van der Waals surface area contributed by atoms with Gasteiger partial charge in [0.2, 0.25) is 0 Å². The summed E-state index contributed by atoms with van der Waals surface area (Å²) in [5.74, 6) is -2.94. The highest BCUT2D eigenvalue weighted by Gasteiger charge is 2.40. The number of esters is 2. The van der Waals surface area contributed by atoms with Crippen molar-refractivity contribution in [2.24, 2.45) is 0 Å². The molecule has 0 unspecified atom stereocenters. The Hall–Kier alpha value is -2.72. The molecule has 0 atom stereocenters. The summed E-state index contributed by atoms with van der Waals surface area (Å²) in [6.07, 6.45) is 0. The quantitative estimate of drug-likeness (QED) is 0.125. The van der Waals surface area contributed by atoms with Crippen LogP contribution in [0.25, 0.3) is 0 Å². The van der Waals surface area contributed by atoms with E-state index in [1.165, 1.54) is 6.07 Å². The molecule has 0 aromatic heterocycles. The van der Waals surface area contributed by atoms with Gasteiger partial charge in [0.25, 0.3) is 5.69 Å². The van der Waals surface area contributed by atoms with Gasteiger partial charge in [0.05, 0.1) is 10.5 Å². The van der Waals surface area contributed by atoms with Crippen LogP contribution in [0.4, 0.5) is 14.5 Å². The molecule has 0 heterocycles. The summed E-state index contributed by atoms with van der Waals surface area (Å²) in [5.41, 5.74) is -1.63. The van der Waals surface area contributed by atoms with E-state index in [1.807, 2.05) is 22.6 Å². The van der Waals surface area contributed by atoms with E-state index in [9.17, 15) is 41.5 Å². The summed E-state index contributed by atoms with van der Waals surface area (Å²) in [6.45, 7) is -2.15. The largest absolute Gasteiger partial charge is 0.743 e. The first-order valence-electron chi connectivity index (χ1n) is 7.59. The topological polar surface area (TPSA) is 153 Å². The Morgan fingerprint density at radius 2 is 1.73 bits per heavy atom. The van der Waals surface area contributed by atoms with Crippen LogP contribution in [0, 0.1) is 13.7 Å². The number of hydrogen-bond donors (Lipinski definition) is 0. The summed E-state index contributed by atoms with van der Waals surface area (Å²) in [6, 6.07) is 8.71. The van der Waals surface area contributed by atoms with Crippen LogP contribution < -0.4 is 4.74 Å². The number of nitro groups is 1. The Bertz CT molecular complexity index is 1120. The standard InChI is InChI=1S/C16H10F2INO9S/c17-16(18,30(25,26)27)8-28-14(21)11-7-9(5-6-13(11)20(23)24)29-15(22)10-3-1-2-4-12(10)19/h1-7H,8H2,(H,25,26,27)/p-1. The van der Waals surface area contributed by atoms with Gasteiger partial charge in [-0.3, -0.25) is 10.1 Å². The first-order chi connectivity index (χ1) is 13.8. The van der Waals surface area contributed by atoms with Crippen molar-refractivity contribution >= 4 is 50.3 Å². The first kappa shape index (κ1) is 23.6. The van der Waals surface area contributed by atoms with Crippen molar-refractivity contribution < 1.29 is 45.7 Å². The molecule has 2 aromatic carbocycles. The molecule has 160 valence electrons. The van der Waals surface area contributed by atoms with Crippen LogP contribution in [-0.2, 0) is 14.9 Å². The highest BCUT2D eigenvalue weighted by molar-refractivity contribution is 14.1. The number of carbonyl (C=O) groups is 2. The van der Waals surface area contributed by atoms with E-state index in [0.29, 0.717) is 9.64 Å². The molecule has 0 aliphatic carbocycles. The Morgan fingerprint density at radius 1 is 1.10 bits per heavy atom. The van der Waals surface area contributed by atoms with Crippen molar-refractivity contribution in [3.8, 4) is 5.75 Å². The first-order valence-corrected chi connectivity index (χ1v) is 10.1. The molecule has 10 nitrogen and oxygen atoms in total. The molecule has 0 aliphatic rings. The predicted octanol–water partition coefficient (Wildman–Crippen LogP) is 2.71. The van der Waals surface area contributed by atoms with Crippen LogP contribution in [0.5, 0.6) is 5.75 Å². The van der Waals surface area contributed by atoms with Crippen molar-refractivity contribution in [1.29, 1.82) is 0 Å². The molecule has 0 saturated heterocycles. The average molecular weight is 556 g/mol. The van der Waals surface area contributed by atoms with Crippen LogP contribution in [0.3, 0.4) is 0 Å². The fourth-order valence-electron chi connectivity index (χ4n) is 1.99. The molecule has 0 spiro atoms. The second-order valence-corrected chi connectivity index (χ2v) is 8.14. The van der Waals surface area contributed by atoms with Gasteiger partial charge in [-0.05, 0) is 40.8 Å².